The molecule has 0 aliphatic carbocycles. The van der Waals surface area contributed by atoms with Crippen molar-refractivity contribution in [1.82, 2.24) is 0 Å². The number of carbonyl (C=O) groups is 3. The van der Waals surface area contributed by atoms with Crippen LogP contribution in [-0.4, -0.2) is 41.7 Å². The maximum absolute atomic E-state index is 13.5. The summed E-state index contributed by atoms with van der Waals surface area (Å²) in [5.41, 5.74) is 0.252. The van der Waals surface area contributed by atoms with Crippen molar-refractivity contribution in [3.05, 3.63) is 89.4 Å². The second kappa shape index (κ2) is 12.6. The largest absolute Gasteiger partial charge is 0.512 e. The SMILES string of the molecule is C=C(OCC)/C(C(=O)N(CC(=O)OC(C)(C)C)c1cccc(C(=O)OCc2ccccc2)c1)=C(\C)O. The first kappa shape index (κ1) is 28.2. The zero-order chi connectivity index (χ0) is 26.9. The minimum Gasteiger partial charge on any atom is -0.512 e. The molecular formula is C28H33NO7. The van der Waals surface area contributed by atoms with E-state index in [1.807, 2.05) is 30.3 Å². The number of aliphatic hydroxyl groups excluding tert-OH is 1. The summed E-state index contributed by atoms with van der Waals surface area (Å²) in [5.74, 6) is -2.39. The van der Waals surface area contributed by atoms with Gasteiger partial charge in [0, 0.05) is 5.69 Å². The maximum atomic E-state index is 13.5. The van der Waals surface area contributed by atoms with Gasteiger partial charge in [-0.1, -0.05) is 43.0 Å². The van der Waals surface area contributed by atoms with Crippen molar-refractivity contribution in [2.24, 2.45) is 0 Å². The molecule has 0 radical (unpaired) electrons. The van der Waals surface area contributed by atoms with Gasteiger partial charge in [-0.2, -0.15) is 0 Å². The average Bonchev–Trinajstić information content (AvgIpc) is 2.80. The lowest BCUT2D eigenvalue weighted by molar-refractivity contribution is -0.153. The Labute approximate surface area is 211 Å². The fourth-order valence-electron chi connectivity index (χ4n) is 3.25. The number of aliphatic hydroxyl groups is 1. The average molecular weight is 496 g/mol. The van der Waals surface area contributed by atoms with E-state index in [4.69, 9.17) is 14.2 Å². The third-order valence-electron chi connectivity index (χ3n) is 4.73. The number of carbonyl (C=O) groups excluding carboxylic acids is 3. The smallest absolute Gasteiger partial charge is 0.338 e. The number of ether oxygens (including phenoxy) is 3. The van der Waals surface area contributed by atoms with E-state index < -0.39 is 30.0 Å². The molecule has 0 saturated carbocycles. The van der Waals surface area contributed by atoms with Crippen LogP contribution in [0.2, 0.25) is 0 Å². The third kappa shape index (κ3) is 8.30. The first-order valence-electron chi connectivity index (χ1n) is 11.5. The van der Waals surface area contributed by atoms with E-state index in [0.717, 1.165) is 10.5 Å². The van der Waals surface area contributed by atoms with Gasteiger partial charge in [-0.25, -0.2) is 4.79 Å². The zero-order valence-electron chi connectivity index (χ0n) is 21.4. The number of hydrogen-bond donors (Lipinski definition) is 1. The number of esters is 2. The minimum atomic E-state index is -0.782. The lowest BCUT2D eigenvalue weighted by Crippen LogP contribution is -2.40. The third-order valence-corrected chi connectivity index (χ3v) is 4.73. The number of anilines is 1. The van der Waals surface area contributed by atoms with Crippen molar-refractivity contribution < 1.29 is 33.7 Å². The van der Waals surface area contributed by atoms with Gasteiger partial charge in [0.25, 0.3) is 5.91 Å². The molecule has 0 aliphatic heterocycles. The molecule has 36 heavy (non-hydrogen) atoms. The van der Waals surface area contributed by atoms with Crippen LogP contribution < -0.4 is 4.90 Å². The molecule has 192 valence electrons. The molecule has 1 N–H and O–H groups in total. The molecule has 1 amide bonds. The summed E-state index contributed by atoms with van der Waals surface area (Å²) in [7, 11) is 0. The van der Waals surface area contributed by atoms with Crippen LogP contribution in [0.3, 0.4) is 0 Å². The molecule has 0 bridgehead atoms. The molecule has 0 fully saturated rings. The predicted octanol–water partition coefficient (Wildman–Crippen LogP) is 5.10. The Morgan fingerprint density at radius 1 is 1.00 bits per heavy atom. The molecule has 2 rings (SSSR count). The van der Waals surface area contributed by atoms with Gasteiger partial charge < -0.3 is 19.3 Å². The molecule has 0 saturated heterocycles. The predicted molar refractivity (Wildman–Crippen MR) is 136 cm³/mol. The van der Waals surface area contributed by atoms with E-state index in [1.54, 1.807) is 45.9 Å². The first-order chi connectivity index (χ1) is 16.9. The highest BCUT2D eigenvalue weighted by Crippen LogP contribution is 2.24. The first-order valence-corrected chi connectivity index (χ1v) is 11.5. The van der Waals surface area contributed by atoms with Gasteiger partial charge >= 0.3 is 11.9 Å². The summed E-state index contributed by atoms with van der Waals surface area (Å²) in [4.78, 5) is 40.0. The van der Waals surface area contributed by atoms with Crippen LogP contribution in [0, 0.1) is 0 Å². The van der Waals surface area contributed by atoms with Crippen LogP contribution in [0.5, 0.6) is 0 Å². The second-order valence-corrected chi connectivity index (χ2v) is 8.91. The normalized spacial score (nSPS) is 11.7. The van der Waals surface area contributed by atoms with Gasteiger partial charge in [0.2, 0.25) is 0 Å². The summed E-state index contributed by atoms with van der Waals surface area (Å²) in [5, 5.41) is 10.2. The number of allylic oxidation sites excluding steroid dienone is 1. The fraction of sp³-hybridized carbons (Fsp3) is 0.321. The minimum absolute atomic E-state index is 0.0462. The highest BCUT2D eigenvalue weighted by Gasteiger charge is 2.29. The molecular weight excluding hydrogens is 462 g/mol. The molecule has 8 nitrogen and oxygen atoms in total. The Kier molecular flexibility index (Phi) is 9.84. The van der Waals surface area contributed by atoms with Crippen molar-refractivity contribution in [2.45, 2.75) is 46.8 Å². The summed E-state index contributed by atoms with van der Waals surface area (Å²) in [6.07, 6.45) is 0. The van der Waals surface area contributed by atoms with Crippen molar-refractivity contribution >= 4 is 23.5 Å². The fourth-order valence-corrected chi connectivity index (χ4v) is 3.25. The van der Waals surface area contributed by atoms with E-state index in [9.17, 15) is 19.5 Å². The Bertz CT molecular complexity index is 1130. The number of hydrogen-bond acceptors (Lipinski definition) is 7. The van der Waals surface area contributed by atoms with E-state index in [1.165, 1.54) is 13.0 Å². The maximum Gasteiger partial charge on any atom is 0.338 e. The van der Waals surface area contributed by atoms with Crippen LogP contribution in [0.4, 0.5) is 5.69 Å². The molecule has 8 heteroatoms. The standard InChI is InChI=1S/C28H33NO7/c1-7-34-20(3)25(19(2)30)26(32)29(17-24(31)36-28(4,5)6)23-15-11-14-22(16-23)27(33)35-18-21-12-9-8-10-13-21/h8-16,30H,3,7,17-18H2,1-2,4-6H3/b25-19-. The Hall–Kier alpha value is -4.07. The molecule has 0 spiro atoms. The van der Waals surface area contributed by atoms with Crippen molar-refractivity contribution in [3.63, 3.8) is 0 Å². The van der Waals surface area contributed by atoms with Gasteiger partial charge in [-0.3, -0.25) is 14.5 Å². The van der Waals surface area contributed by atoms with Gasteiger partial charge in [-0.05, 0) is 58.4 Å². The Morgan fingerprint density at radius 2 is 1.67 bits per heavy atom. The van der Waals surface area contributed by atoms with Gasteiger partial charge in [0.15, 0.2) is 0 Å². The van der Waals surface area contributed by atoms with Gasteiger partial charge in [0.1, 0.15) is 35.8 Å². The van der Waals surface area contributed by atoms with Crippen LogP contribution in [0.15, 0.2) is 78.3 Å². The monoisotopic (exact) mass is 495 g/mol. The Morgan fingerprint density at radius 3 is 2.25 bits per heavy atom. The van der Waals surface area contributed by atoms with E-state index in [-0.39, 0.29) is 41.6 Å². The summed E-state index contributed by atoms with van der Waals surface area (Å²) in [6, 6.07) is 15.3. The topological polar surface area (TPSA) is 102 Å². The molecule has 0 unspecified atom stereocenters. The quantitative estimate of drug-likeness (QED) is 0.212. The molecule has 0 atom stereocenters. The molecule has 2 aromatic rings. The summed E-state index contributed by atoms with van der Waals surface area (Å²) < 4.78 is 16.1. The number of amides is 1. The Balaban J connectivity index is 2.39. The van der Waals surface area contributed by atoms with Crippen LogP contribution in [0.1, 0.15) is 50.5 Å². The van der Waals surface area contributed by atoms with Crippen molar-refractivity contribution in [1.29, 1.82) is 0 Å². The lowest BCUT2D eigenvalue weighted by atomic mass is 10.1. The summed E-state index contributed by atoms with van der Waals surface area (Å²) >= 11 is 0. The lowest BCUT2D eigenvalue weighted by Gasteiger charge is -2.27. The molecule has 0 aromatic heterocycles. The van der Waals surface area contributed by atoms with E-state index in [2.05, 4.69) is 6.58 Å². The number of rotatable bonds is 10. The molecule has 2 aromatic carbocycles. The highest BCUT2D eigenvalue weighted by molar-refractivity contribution is 6.10. The van der Waals surface area contributed by atoms with E-state index in [0.29, 0.717) is 0 Å². The van der Waals surface area contributed by atoms with Crippen molar-refractivity contribution in [2.75, 3.05) is 18.1 Å². The van der Waals surface area contributed by atoms with Crippen LogP contribution >= 0.6 is 0 Å². The second-order valence-electron chi connectivity index (χ2n) is 8.91. The van der Waals surface area contributed by atoms with Gasteiger partial charge in [-0.15, -0.1) is 0 Å². The van der Waals surface area contributed by atoms with Crippen LogP contribution in [-0.2, 0) is 30.4 Å². The van der Waals surface area contributed by atoms with Crippen LogP contribution in [0.25, 0.3) is 0 Å². The zero-order valence-corrected chi connectivity index (χ0v) is 21.4. The van der Waals surface area contributed by atoms with E-state index >= 15 is 0 Å². The number of nitrogens with zero attached hydrogens (tertiary/aromatic N) is 1. The van der Waals surface area contributed by atoms with Crippen molar-refractivity contribution in [3.8, 4) is 0 Å². The summed E-state index contributed by atoms with van der Waals surface area (Å²) in [6.45, 7) is 11.7. The van der Waals surface area contributed by atoms with Gasteiger partial charge in [0.05, 0.1) is 12.2 Å². The molecule has 0 aliphatic rings. The highest BCUT2D eigenvalue weighted by atomic mass is 16.6. The number of benzene rings is 2. The molecule has 0 heterocycles.